The molecule has 0 aliphatic carbocycles. The first kappa shape index (κ1) is 11.5. The zero-order valence-electron chi connectivity index (χ0n) is 7.03. The largest absolute Gasteiger partial charge is 0.420 e. The SMILES string of the molecule is Nc1cc(=O)[nH]c(C(F)F)c1C(F)(F)F. The number of hydrogen-bond donors (Lipinski definition) is 2. The average molecular weight is 228 g/mol. The molecule has 0 amide bonds. The van der Waals surface area contributed by atoms with Gasteiger partial charge in [-0.05, 0) is 0 Å². The number of halogens is 5. The number of nitrogens with one attached hydrogen (secondary N) is 1. The number of alkyl halides is 5. The molecular weight excluding hydrogens is 223 g/mol. The lowest BCUT2D eigenvalue weighted by Crippen LogP contribution is -2.20. The summed E-state index contributed by atoms with van der Waals surface area (Å²) in [6, 6.07) is 0.411. The molecule has 0 saturated carbocycles. The summed E-state index contributed by atoms with van der Waals surface area (Å²) >= 11 is 0. The fraction of sp³-hybridized carbons (Fsp3) is 0.286. The molecule has 0 spiro atoms. The number of nitrogens with two attached hydrogens (primary N) is 1. The van der Waals surface area contributed by atoms with Crippen LogP contribution >= 0.6 is 0 Å². The van der Waals surface area contributed by atoms with Gasteiger partial charge in [0, 0.05) is 6.07 Å². The first-order valence-electron chi connectivity index (χ1n) is 3.61. The summed E-state index contributed by atoms with van der Waals surface area (Å²) in [5.41, 5.74) is -0.445. The van der Waals surface area contributed by atoms with Gasteiger partial charge in [0.2, 0.25) is 5.56 Å². The topological polar surface area (TPSA) is 58.9 Å². The molecular formula is C7H5F5N2O. The summed E-state index contributed by atoms with van der Waals surface area (Å²) in [5.74, 6) is 0. The Hall–Kier alpha value is -1.60. The molecule has 0 aliphatic heterocycles. The van der Waals surface area contributed by atoms with Crippen LogP contribution in [0.1, 0.15) is 17.7 Å². The van der Waals surface area contributed by atoms with Crippen molar-refractivity contribution in [2.45, 2.75) is 12.6 Å². The second-order valence-electron chi connectivity index (χ2n) is 2.68. The fourth-order valence-corrected chi connectivity index (χ4v) is 1.08. The van der Waals surface area contributed by atoms with Crippen molar-refractivity contribution in [2.75, 3.05) is 5.73 Å². The maximum absolute atomic E-state index is 12.3. The van der Waals surface area contributed by atoms with E-state index in [0.717, 1.165) is 0 Å². The highest BCUT2D eigenvalue weighted by Crippen LogP contribution is 2.37. The first-order valence-corrected chi connectivity index (χ1v) is 3.61. The number of H-pyrrole nitrogens is 1. The Morgan fingerprint density at radius 1 is 1.33 bits per heavy atom. The predicted octanol–water partition coefficient (Wildman–Crippen LogP) is 1.91. The van der Waals surface area contributed by atoms with Crippen molar-refractivity contribution in [3.05, 3.63) is 27.7 Å². The summed E-state index contributed by atoms with van der Waals surface area (Å²) in [5, 5.41) is 0. The number of nitrogen functional groups attached to an aromatic ring is 1. The summed E-state index contributed by atoms with van der Waals surface area (Å²) in [7, 11) is 0. The summed E-state index contributed by atoms with van der Waals surface area (Å²) in [4.78, 5) is 12.1. The van der Waals surface area contributed by atoms with Gasteiger partial charge in [-0.1, -0.05) is 0 Å². The minimum absolute atomic E-state index is 0.411. The Kier molecular flexibility index (Phi) is 2.69. The van der Waals surface area contributed by atoms with Crippen LogP contribution in [0.4, 0.5) is 27.6 Å². The molecule has 1 aromatic heterocycles. The van der Waals surface area contributed by atoms with Crippen LogP contribution in [0.2, 0.25) is 0 Å². The molecule has 0 radical (unpaired) electrons. The standard InChI is InChI=1S/C7H5F5N2O/c8-6(9)5-4(7(10,11)12)2(13)1-3(15)14-5/h1,6H,(H3,13,14,15). The zero-order valence-corrected chi connectivity index (χ0v) is 7.03. The van der Waals surface area contributed by atoms with Crippen molar-refractivity contribution in [2.24, 2.45) is 0 Å². The molecule has 0 fully saturated rings. The highest BCUT2D eigenvalue weighted by Gasteiger charge is 2.38. The van der Waals surface area contributed by atoms with Gasteiger partial charge < -0.3 is 10.7 Å². The molecule has 0 unspecified atom stereocenters. The highest BCUT2D eigenvalue weighted by atomic mass is 19.4. The maximum Gasteiger partial charge on any atom is 0.420 e. The Morgan fingerprint density at radius 3 is 2.27 bits per heavy atom. The second kappa shape index (κ2) is 3.52. The van der Waals surface area contributed by atoms with E-state index in [-0.39, 0.29) is 0 Å². The third kappa shape index (κ3) is 2.25. The monoisotopic (exact) mass is 228 g/mol. The molecule has 3 nitrogen and oxygen atoms in total. The van der Waals surface area contributed by atoms with E-state index < -0.39 is 35.1 Å². The molecule has 0 saturated heterocycles. The average Bonchev–Trinajstić information content (AvgIpc) is 1.99. The highest BCUT2D eigenvalue weighted by molar-refractivity contribution is 5.50. The smallest absolute Gasteiger partial charge is 0.398 e. The van der Waals surface area contributed by atoms with Gasteiger partial charge in [-0.2, -0.15) is 13.2 Å². The first-order chi connectivity index (χ1) is 6.73. The summed E-state index contributed by atoms with van der Waals surface area (Å²) < 4.78 is 61.2. The van der Waals surface area contributed by atoms with E-state index in [1.54, 1.807) is 0 Å². The molecule has 0 aliphatic rings. The van der Waals surface area contributed by atoms with Crippen molar-refractivity contribution in [3.8, 4) is 0 Å². The van der Waals surface area contributed by atoms with E-state index in [9.17, 15) is 26.7 Å². The van der Waals surface area contributed by atoms with Gasteiger partial charge in [0.1, 0.15) is 5.56 Å². The molecule has 15 heavy (non-hydrogen) atoms. The number of aromatic nitrogens is 1. The lowest BCUT2D eigenvalue weighted by molar-refractivity contribution is -0.139. The Balaban J connectivity index is 3.55. The summed E-state index contributed by atoms with van der Waals surface area (Å²) in [6.07, 6.45) is -8.47. The predicted molar refractivity (Wildman–Crippen MR) is 41.4 cm³/mol. The van der Waals surface area contributed by atoms with E-state index in [1.807, 2.05) is 0 Å². The Morgan fingerprint density at radius 2 is 1.87 bits per heavy atom. The van der Waals surface area contributed by atoms with E-state index in [2.05, 4.69) is 0 Å². The van der Waals surface area contributed by atoms with E-state index in [4.69, 9.17) is 5.73 Å². The minimum Gasteiger partial charge on any atom is -0.398 e. The van der Waals surface area contributed by atoms with Crippen LogP contribution < -0.4 is 11.3 Å². The number of rotatable bonds is 1. The van der Waals surface area contributed by atoms with Crippen LogP contribution in [0.5, 0.6) is 0 Å². The molecule has 0 aromatic carbocycles. The second-order valence-corrected chi connectivity index (χ2v) is 2.68. The van der Waals surface area contributed by atoms with Crippen LogP contribution in [0.25, 0.3) is 0 Å². The lowest BCUT2D eigenvalue weighted by atomic mass is 10.1. The minimum atomic E-state index is -5.03. The summed E-state index contributed by atoms with van der Waals surface area (Å²) in [6.45, 7) is 0. The molecule has 1 rings (SSSR count). The van der Waals surface area contributed by atoms with Crippen LogP contribution in [-0.2, 0) is 6.18 Å². The van der Waals surface area contributed by atoms with Crippen molar-refractivity contribution in [3.63, 3.8) is 0 Å². The normalized spacial score (nSPS) is 12.1. The van der Waals surface area contributed by atoms with Crippen LogP contribution in [0.15, 0.2) is 10.9 Å². The van der Waals surface area contributed by atoms with Crippen molar-refractivity contribution in [1.29, 1.82) is 0 Å². The van der Waals surface area contributed by atoms with Gasteiger partial charge in [-0.3, -0.25) is 4.79 Å². The van der Waals surface area contributed by atoms with E-state index in [1.165, 1.54) is 4.98 Å². The molecule has 84 valence electrons. The third-order valence-electron chi connectivity index (χ3n) is 1.60. The lowest BCUT2D eigenvalue weighted by Gasteiger charge is -2.13. The van der Waals surface area contributed by atoms with Gasteiger partial charge in [0.15, 0.2) is 0 Å². The van der Waals surface area contributed by atoms with Crippen LogP contribution in [-0.4, -0.2) is 4.98 Å². The third-order valence-corrected chi connectivity index (χ3v) is 1.60. The van der Waals surface area contributed by atoms with Gasteiger partial charge >= 0.3 is 6.18 Å². The van der Waals surface area contributed by atoms with E-state index >= 15 is 0 Å². The van der Waals surface area contributed by atoms with Crippen LogP contribution in [0, 0.1) is 0 Å². The zero-order chi connectivity index (χ0) is 11.8. The Labute approximate surface area is 79.7 Å². The van der Waals surface area contributed by atoms with Crippen LogP contribution in [0.3, 0.4) is 0 Å². The van der Waals surface area contributed by atoms with E-state index in [0.29, 0.717) is 6.07 Å². The van der Waals surface area contributed by atoms with Gasteiger partial charge in [-0.25, -0.2) is 8.78 Å². The van der Waals surface area contributed by atoms with Gasteiger partial charge in [0.05, 0.1) is 11.4 Å². The maximum atomic E-state index is 12.3. The van der Waals surface area contributed by atoms with Crippen molar-refractivity contribution >= 4 is 5.69 Å². The van der Waals surface area contributed by atoms with Gasteiger partial charge in [-0.15, -0.1) is 0 Å². The molecule has 0 bridgehead atoms. The number of hydrogen-bond acceptors (Lipinski definition) is 2. The molecule has 0 atom stereocenters. The number of anilines is 1. The molecule has 8 heteroatoms. The Bertz CT molecular complexity index is 422. The number of aromatic amines is 1. The fourth-order valence-electron chi connectivity index (χ4n) is 1.08. The molecule has 1 heterocycles. The van der Waals surface area contributed by atoms with Crippen molar-refractivity contribution < 1.29 is 22.0 Å². The van der Waals surface area contributed by atoms with Crippen molar-refractivity contribution in [1.82, 2.24) is 4.98 Å². The number of pyridine rings is 1. The molecule has 1 aromatic rings. The van der Waals surface area contributed by atoms with Gasteiger partial charge in [0.25, 0.3) is 6.43 Å². The molecule has 3 N–H and O–H groups in total. The quantitative estimate of drug-likeness (QED) is 0.721.